The largest absolute Gasteiger partial charge is 0.481 e. The second kappa shape index (κ2) is 8.42. The lowest BCUT2D eigenvalue weighted by atomic mass is 9.98. The predicted octanol–water partition coefficient (Wildman–Crippen LogP) is 1.06. The SMILES string of the molecule is CN(CC(=O)N1CCCC(C(=O)O)C1)C(=O)CSCC(F)(F)F. The van der Waals surface area contributed by atoms with Crippen molar-refractivity contribution in [1.29, 1.82) is 0 Å². The first kappa shape index (κ1) is 19.6. The maximum Gasteiger partial charge on any atom is 0.397 e. The lowest BCUT2D eigenvalue weighted by Gasteiger charge is -2.32. The number of carbonyl (C=O) groups excluding carboxylic acids is 2. The number of nitrogens with zero attached hydrogens (tertiary/aromatic N) is 2. The Morgan fingerprint density at radius 3 is 2.57 bits per heavy atom. The molecule has 1 heterocycles. The molecule has 1 fully saturated rings. The Morgan fingerprint density at radius 1 is 1.35 bits per heavy atom. The summed E-state index contributed by atoms with van der Waals surface area (Å²) in [6, 6.07) is 0. The van der Waals surface area contributed by atoms with E-state index in [9.17, 15) is 27.6 Å². The average molecular weight is 356 g/mol. The fourth-order valence-corrected chi connectivity index (χ4v) is 2.89. The first-order chi connectivity index (χ1) is 10.6. The van der Waals surface area contributed by atoms with Crippen LogP contribution in [0, 0.1) is 5.92 Å². The van der Waals surface area contributed by atoms with Crippen molar-refractivity contribution in [3.63, 3.8) is 0 Å². The quantitative estimate of drug-likeness (QED) is 0.770. The molecule has 23 heavy (non-hydrogen) atoms. The highest BCUT2D eigenvalue weighted by atomic mass is 32.2. The third-order valence-corrected chi connectivity index (χ3v) is 4.40. The molecule has 1 unspecified atom stereocenters. The van der Waals surface area contributed by atoms with Gasteiger partial charge in [-0.05, 0) is 12.8 Å². The molecule has 1 aliphatic rings. The fraction of sp³-hybridized carbons (Fsp3) is 0.769. The van der Waals surface area contributed by atoms with E-state index in [1.165, 1.54) is 11.9 Å². The summed E-state index contributed by atoms with van der Waals surface area (Å²) in [6.45, 7) is 0.254. The van der Waals surface area contributed by atoms with Gasteiger partial charge in [-0.15, -0.1) is 11.8 Å². The van der Waals surface area contributed by atoms with Gasteiger partial charge in [-0.25, -0.2) is 0 Å². The van der Waals surface area contributed by atoms with E-state index >= 15 is 0 Å². The summed E-state index contributed by atoms with van der Waals surface area (Å²) in [5, 5.41) is 8.97. The topological polar surface area (TPSA) is 77.9 Å². The maximum atomic E-state index is 12.1. The Labute approximate surface area is 136 Å². The molecular weight excluding hydrogens is 337 g/mol. The third kappa shape index (κ3) is 7.10. The Balaban J connectivity index is 2.40. The zero-order valence-electron chi connectivity index (χ0n) is 12.6. The number of alkyl halides is 3. The normalized spacial score (nSPS) is 18.6. The number of likely N-dealkylation sites (tertiary alicyclic amines) is 1. The van der Waals surface area contributed by atoms with Crippen LogP contribution in [0.15, 0.2) is 0 Å². The summed E-state index contributed by atoms with van der Waals surface area (Å²) in [5.74, 6) is -4.02. The first-order valence-electron chi connectivity index (χ1n) is 6.99. The number of aliphatic carboxylic acids is 1. The number of piperidine rings is 1. The van der Waals surface area contributed by atoms with Crippen molar-refractivity contribution in [2.45, 2.75) is 19.0 Å². The van der Waals surface area contributed by atoms with Gasteiger partial charge < -0.3 is 14.9 Å². The van der Waals surface area contributed by atoms with Crippen LogP contribution in [0.4, 0.5) is 13.2 Å². The lowest BCUT2D eigenvalue weighted by molar-refractivity contribution is -0.147. The van der Waals surface area contributed by atoms with Crippen LogP contribution in [-0.2, 0) is 14.4 Å². The number of carboxylic acid groups (broad SMARTS) is 1. The molecule has 0 aromatic rings. The fourth-order valence-electron chi connectivity index (χ4n) is 2.16. The van der Waals surface area contributed by atoms with E-state index in [-0.39, 0.29) is 18.8 Å². The van der Waals surface area contributed by atoms with E-state index in [4.69, 9.17) is 5.11 Å². The highest BCUT2D eigenvalue weighted by Gasteiger charge is 2.30. The highest BCUT2D eigenvalue weighted by Crippen LogP contribution is 2.21. The molecule has 0 bridgehead atoms. The Morgan fingerprint density at radius 2 is 2.00 bits per heavy atom. The minimum absolute atomic E-state index is 0.0963. The number of amides is 2. The molecule has 2 amide bonds. The standard InChI is InChI=1S/C13H19F3N2O4S/c1-17(11(20)7-23-8-13(14,15)16)6-10(19)18-4-2-3-9(5-18)12(21)22/h9H,2-8H2,1H3,(H,21,22). The van der Waals surface area contributed by atoms with Crippen LogP contribution >= 0.6 is 11.8 Å². The average Bonchev–Trinajstić information content (AvgIpc) is 2.45. The van der Waals surface area contributed by atoms with Crippen LogP contribution < -0.4 is 0 Å². The number of carboxylic acids is 1. The zero-order valence-corrected chi connectivity index (χ0v) is 13.5. The molecule has 0 aromatic carbocycles. The summed E-state index contributed by atoms with van der Waals surface area (Å²) in [7, 11) is 1.34. The molecular formula is C13H19F3N2O4S. The van der Waals surface area contributed by atoms with E-state index in [0.29, 0.717) is 31.1 Å². The zero-order chi connectivity index (χ0) is 17.6. The van der Waals surface area contributed by atoms with Gasteiger partial charge in [-0.3, -0.25) is 14.4 Å². The molecule has 132 valence electrons. The summed E-state index contributed by atoms with van der Waals surface area (Å²) >= 11 is 0.445. The number of likely N-dealkylation sites (N-methyl/N-ethyl adjacent to an activating group) is 1. The molecule has 0 saturated carbocycles. The van der Waals surface area contributed by atoms with Crippen molar-refractivity contribution in [1.82, 2.24) is 9.80 Å². The molecule has 1 aliphatic heterocycles. The van der Waals surface area contributed by atoms with Crippen molar-refractivity contribution in [3.8, 4) is 0 Å². The van der Waals surface area contributed by atoms with Crippen molar-refractivity contribution in [2.24, 2.45) is 5.92 Å². The van der Waals surface area contributed by atoms with E-state index in [0.717, 1.165) is 4.90 Å². The minimum Gasteiger partial charge on any atom is -0.481 e. The molecule has 10 heteroatoms. The Kier molecular flexibility index (Phi) is 7.17. The molecule has 1 N–H and O–H groups in total. The predicted molar refractivity (Wildman–Crippen MR) is 78.0 cm³/mol. The van der Waals surface area contributed by atoms with Gasteiger partial charge in [0.1, 0.15) is 0 Å². The Bertz CT molecular complexity index is 459. The molecule has 0 aliphatic carbocycles. The number of hydrogen-bond acceptors (Lipinski definition) is 4. The molecule has 1 atom stereocenters. The first-order valence-corrected chi connectivity index (χ1v) is 8.14. The lowest BCUT2D eigenvalue weighted by Crippen LogP contribution is -2.47. The maximum absolute atomic E-state index is 12.1. The molecule has 0 spiro atoms. The van der Waals surface area contributed by atoms with Crippen LogP contribution in [-0.4, -0.2) is 77.1 Å². The van der Waals surface area contributed by atoms with Crippen molar-refractivity contribution in [3.05, 3.63) is 0 Å². The number of rotatable bonds is 6. The van der Waals surface area contributed by atoms with Crippen LogP contribution in [0.1, 0.15) is 12.8 Å². The smallest absolute Gasteiger partial charge is 0.397 e. The van der Waals surface area contributed by atoms with E-state index in [1.807, 2.05) is 0 Å². The number of hydrogen-bond donors (Lipinski definition) is 1. The molecule has 0 aromatic heterocycles. The second-order valence-corrected chi connectivity index (χ2v) is 6.36. The van der Waals surface area contributed by atoms with Gasteiger partial charge in [0.15, 0.2) is 0 Å². The van der Waals surface area contributed by atoms with Gasteiger partial charge in [-0.1, -0.05) is 0 Å². The van der Waals surface area contributed by atoms with Crippen LogP contribution in [0.25, 0.3) is 0 Å². The molecule has 0 radical (unpaired) electrons. The van der Waals surface area contributed by atoms with Crippen molar-refractivity contribution < 1.29 is 32.7 Å². The van der Waals surface area contributed by atoms with Crippen LogP contribution in [0.2, 0.25) is 0 Å². The molecule has 6 nitrogen and oxygen atoms in total. The van der Waals surface area contributed by atoms with Crippen molar-refractivity contribution in [2.75, 3.05) is 38.2 Å². The van der Waals surface area contributed by atoms with E-state index in [1.54, 1.807) is 0 Å². The number of halogens is 3. The molecule has 1 rings (SSSR count). The summed E-state index contributed by atoms with van der Waals surface area (Å²) < 4.78 is 36.0. The monoisotopic (exact) mass is 356 g/mol. The van der Waals surface area contributed by atoms with Gasteiger partial charge in [0.25, 0.3) is 0 Å². The second-order valence-electron chi connectivity index (χ2n) is 5.37. The molecule has 1 saturated heterocycles. The van der Waals surface area contributed by atoms with Gasteiger partial charge in [0.05, 0.1) is 24.0 Å². The third-order valence-electron chi connectivity index (χ3n) is 3.41. The van der Waals surface area contributed by atoms with E-state index < -0.39 is 35.6 Å². The van der Waals surface area contributed by atoms with Gasteiger partial charge >= 0.3 is 12.1 Å². The van der Waals surface area contributed by atoms with Crippen molar-refractivity contribution >= 4 is 29.5 Å². The van der Waals surface area contributed by atoms with Crippen LogP contribution in [0.3, 0.4) is 0 Å². The summed E-state index contributed by atoms with van der Waals surface area (Å²) in [6.07, 6.45) is -3.26. The minimum atomic E-state index is -4.33. The highest BCUT2D eigenvalue weighted by molar-refractivity contribution is 8.00. The number of thioether (sulfide) groups is 1. The van der Waals surface area contributed by atoms with Gasteiger partial charge in [-0.2, -0.15) is 13.2 Å². The summed E-state index contributed by atoms with van der Waals surface area (Å²) in [4.78, 5) is 37.2. The Hall–Kier alpha value is -1.45. The van der Waals surface area contributed by atoms with Crippen LogP contribution in [0.5, 0.6) is 0 Å². The summed E-state index contributed by atoms with van der Waals surface area (Å²) in [5.41, 5.74) is 0. The van der Waals surface area contributed by atoms with E-state index in [2.05, 4.69) is 0 Å². The van der Waals surface area contributed by atoms with Gasteiger partial charge in [0.2, 0.25) is 11.8 Å². The van der Waals surface area contributed by atoms with Gasteiger partial charge in [0, 0.05) is 20.1 Å². The number of carbonyl (C=O) groups is 3.